The van der Waals surface area contributed by atoms with Gasteiger partial charge in [-0.2, -0.15) is 0 Å². The summed E-state index contributed by atoms with van der Waals surface area (Å²) in [6, 6.07) is 17.9. The highest BCUT2D eigenvalue weighted by Crippen LogP contribution is 2.37. The topological polar surface area (TPSA) is 65.1 Å². The molecule has 2 aromatic rings. The number of aliphatic hydroxyl groups is 1. The number of amides is 1. The van der Waals surface area contributed by atoms with E-state index in [0.29, 0.717) is 25.9 Å². The number of likely N-dealkylation sites (tertiary alicyclic amines) is 1. The lowest BCUT2D eigenvalue weighted by molar-refractivity contribution is -0.138. The number of hydrogen-bond donors (Lipinski definition) is 2. The first kappa shape index (κ1) is 21.0. The summed E-state index contributed by atoms with van der Waals surface area (Å²) < 4.78 is 5.80. The maximum atomic E-state index is 13.2. The summed E-state index contributed by atoms with van der Waals surface area (Å²) in [5, 5.41) is 14.5. The van der Waals surface area contributed by atoms with Gasteiger partial charge in [0.2, 0.25) is 5.91 Å². The number of carbonyl (C=O) groups excluding carboxylic acids is 1. The molecule has 2 saturated heterocycles. The van der Waals surface area contributed by atoms with Gasteiger partial charge in [0.15, 0.2) is 0 Å². The third-order valence-corrected chi connectivity index (χ3v) is 6.35. The number of aryl methyl sites for hydroxylation is 1. The normalized spacial score (nSPS) is 23.8. The number of piperidine rings is 1. The van der Waals surface area contributed by atoms with Crippen LogP contribution in [0.1, 0.15) is 55.4 Å². The molecule has 30 heavy (non-hydrogen) atoms. The van der Waals surface area contributed by atoms with E-state index in [1.165, 1.54) is 5.56 Å². The van der Waals surface area contributed by atoms with E-state index >= 15 is 0 Å². The third-order valence-electron chi connectivity index (χ3n) is 6.35. The van der Waals surface area contributed by atoms with E-state index in [4.69, 9.17) is 4.74 Å². The molecular formula is C25H32N2O3. The van der Waals surface area contributed by atoms with Crippen LogP contribution in [0.25, 0.3) is 0 Å². The Morgan fingerprint density at radius 2 is 1.83 bits per heavy atom. The molecule has 5 nitrogen and oxygen atoms in total. The molecule has 2 aliphatic heterocycles. The van der Waals surface area contributed by atoms with Crippen LogP contribution >= 0.6 is 0 Å². The zero-order valence-corrected chi connectivity index (χ0v) is 17.9. The summed E-state index contributed by atoms with van der Waals surface area (Å²) in [6.07, 6.45) is 2.74. The lowest BCUT2D eigenvalue weighted by Crippen LogP contribution is -2.52. The molecule has 3 unspecified atom stereocenters. The van der Waals surface area contributed by atoms with Crippen LogP contribution in [0, 0.1) is 6.92 Å². The van der Waals surface area contributed by atoms with E-state index in [9.17, 15) is 9.90 Å². The Balaban J connectivity index is 1.35. The largest absolute Gasteiger partial charge is 0.385 e. The Morgan fingerprint density at radius 1 is 1.17 bits per heavy atom. The van der Waals surface area contributed by atoms with Crippen LogP contribution in [0.15, 0.2) is 54.6 Å². The predicted octanol–water partition coefficient (Wildman–Crippen LogP) is 3.66. The van der Waals surface area contributed by atoms with Crippen LogP contribution < -0.4 is 5.32 Å². The highest BCUT2D eigenvalue weighted by atomic mass is 16.6. The summed E-state index contributed by atoms with van der Waals surface area (Å²) in [6.45, 7) is 5.27. The molecule has 0 aromatic heterocycles. The smallest absolute Gasteiger partial charge is 0.239 e. The van der Waals surface area contributed by atoms with Gasteiger partial charge in [-0.05, 0) is 37.3 Å². The summed E-state index contributed by atoms with van der Waals surface area (Å²) >= 11 is 0. The average Bonchev–Trinajstić information content (AvgIpc) is 3.54. The van der Waals surface area contributed by atoms with Gasteiger partial charge in [0.1, 0.15) is 12.3 Å². The summed E-state index contributed by atoms with van der Waals surface area (Å²) in [4.78, 5) is 15.1. The second kappa shape index (κ2) is 8.88. The highest BCUT2D eigenvalue weighted by molar-refractivity contribution is 5.82. The molecule has 2 aliphatic rings. The third kappa shape index (κ3) is 4.59. The minimum Gasteiger partial charge on any atom is -0.385 e. The van der Waals surface area contributed by atoms with Gasteiger partial charge >= 0.3 is 0 Å². The van der Waals surface area contributed by atoms with Crippen LogP contribution in [0.4, 0.5) is 0 Å². The fraction of sp³-hybridized carbons (Fsp3) is 0.480. The molecule has 0 spiro atoms. The summed E-state index contributed by atoms with van der Waals surface area (Å²) in [5.74, 6) is 0.116. The number of benzene rings is 2. The molecule has 5 heteroatoms. The van der Waals surface area contributed by atoms with Gasteiger partial charge in [0.25, 0.3) is 0 Å². The molecule has 2 N–H and O–H groups in total. The van der Waals surface area contributed by atoms with Gasteiger partial charge in [-0.15, -0.1) is 0 Å². The number of rotatable bonds is 7. The molecule has 0 aliphatic carbocycles. The molecule has 2 fully saturated rings. The van der Waals surface area contributed by atoms with Crippen LogP contribution in [-0.4, -0.2) is 41.3 Å². The Kier molecular flexibility index (Phi) is 6.23. The first-order chi connectivity index (χ1) is 14.5. The zero-order valence-electron chi connectivity index (χ0n) is 17.9. The summed E-state index contributed by atoms with van der Waals surface area (Å²) in [5.41, 5.74) is 2.41. The Bertz CT molecular complexity index is 844. The number of hydrogen-bond acceptors (Lipinski definition) is 4. The molecule has 3 atom stereocenters. The molecule has 1 amide bonds. The maximum Gasteiger partial charge on any atom is 0.239 e. The minimum atomic E-state index is -0.851. The van der Waals surface area contributed by atoms with Gasteiger partial charge in [-0.25, -0.2) is 0 Å². The lowest BCUT2D eigenvalue weighted by Gasteiger charge is -2.39. The van der Waals surface area contributed by atoms with E-state index in [0.717, 1.165) is 24.0 Å². The molecule has 0 saturated carbocycles. The number of nitrogens with one attached hydrogen (secondary N) is 1. The fourth-order valence-electron chi connectivity index (χ4n) is 4.37. The summed E-state index contributed by atoms with van der Waals surface area (Å²) in [7, 11) is 0. The van der Waals surface area contributed by atoms with Crippen molar-refractivity contribution in [2.75, 3.05) is 13.1 Å². The van der Waals surface area contributed by atoms with Crippen LogP contribution in [0.5, 0.6) is 0 Å². The Morgan fingerprint density at radius 3 is 2.47 bits per heavy atom. The van der Waals surface area contributed by atoms with Gasteiger partial charge in [0.05, 0.1) is 11.6 Å². The van der Waals surface area contributed by atoms with Crippen molar-refractivity contribution in [2.45, 2.75) is 63.5 Å². The second-order valence-electron chi connectivity index (χ2n) is 8.62. The molecule has 160 valence electrons. The molecule has 2 heterocycles. The monoisotopic (exact) mass is 408 g/mol. The van der Waals surface area contributed by atoms with E-state index < -0.39 is 5.60 Å². The first-order valence-corrected chi connectivity index (χ1v) is 11.0. The molecular weight excluding hydrogens is 376 g/mol. The predicted molar refractivity (Wildman–Crippen MR) is 117 cm³/mol. The molecule has 0 bridgehead atoms. The Hall–Kier alpha value is -2.21. The van der Waals surface area contributed by atoms with Crippen molar-refractivity contribution in [1.29, 1.82) is 0 Å². The van der Waals surface area contributed by atoms with Crippen molar-refractivity contribution in [2.24, 2.45) is 0 Å². The number of carbonyl (C=O) groups is 1. The number of ether oxygens (including phenoxy) is 1. The van der Waals surface area contributed by atoms with Gasteiger partial charge in [0, 0.05) is 13.1 Å². The van der Waals surface area contributed by atoms with Crippen molar-refractivity contribution in [3.05, 3.63) is 71.3 Å². The van der Waals surface area contributed by atoms with Crippen molar-refractivity contribution in [3.63, 3.8) is 0 Å². The zero-order chi connectivity index (χ0) is 21.1. The quantitative estimate of drug-likeness (QED) is 0.686. The fourth-order valence-corrected chi connectivity index (χ4v) is 4.37. The van der Waals surface area contributed by atoms with Crippen molar-refractivity contribution >= 4 is 5.91 Å². The first-order valence-electron chi connectivity index (χ1n) is 11.0. The van der Waals surface area contributed by atoms with Gasteiger partial charge < -0.3 is 14.7 Å². The van der Waals surface area contributed by atoms with Gasteiger partial charge in [-0.3, -0.25) is 10.1 Å². The standard InChI is InChI=1S/C25H32N2O3/c1-3-7-21(26-23-22(30-23)19-8-5-4-6-9-19)24(28)27-16-14-25(29,15-17-27)20-12-10-18(2)11-13-20/h4-6,8-13,21-23,26,29H,3,7,14-17H2,1-2H3. The van der Waals surface area contributed by atoms with Gasteiger partial charge in [-0.1, -0.05) is 73.5 Å². The van der Waals surface area contributed by atoms with E-state index in [1.807, 2.05) is 54.3 Å². The second-order valence-corrected chi connectivity index (χ2v) is 8.62. The van der Waals surface area contributed by atoms with E-state index in [2.05, 4.69) is 24.4 Å². The van der Waals surface area contributed by atoms with Crippen LogP contribution in [-0.2, 0) is 15.1 Å². The molecule has 0 radical (unpaired) electrons. The Labute approximate surface area is 179 Å². The highest BCUT2D eigenvalue weighted by Gasteiger charge is 2.43. The average molecular weight is 409 g/mol. The maximum absolute atomic E-state index is 13.2. The van der Waals surface area contributed by atoms with Crippen molar-refractivity contribution in [3.8, 4) is 0 Å². The minimum absolute atomic E-state index is 0.0198. The molecule has 2 aromatic carbocycles. The van der Waals surface area contributed by atoms with Crippen LogP contribution in [0.3, 0.4) is 0 Å². The number of epoxide rings is 1. The molecule has 4 rings (SSSR count). The van der Waals surface area contributed by atoms with Crippen LogP contribution in [0.2, 0.25) is 0 Å². The van der Waals surface area contributed by atoms with E-state index in [-0.39, 0.29) is 24.3 Å². The lowest BCUT2D eigenvalue weighted by atomic mass is 9.84. The SMILES string of the molecule is CCCC(NC1OC1c1ccccc1)C(=O)N1CCC(O)(c2ccc(C)cc2)CC1. The number of nitrogens with zero attached hydrogens (tertiary/aromatic N) is 1. The van der Waals surface area contributed by atoms with Crippen molar-refractivity contribution < 1.29 is 14.6 Å². The van der Waals surface area contributed by atoms with Crippen molar-refractivity contribution in [1.82, 2.24) is 10.2 Å². The van der Waals surface area contributed by atoms with E-state index in [1.54, 1.807) is 0 Å².